The smallest absolute Gasteiger partial charge is 0.271 e. The molecule has 106 valence electrons. The van der Waals surface area contributed by atoms with Crippen molar-refractivity contribution in [3.8, 4) is 0 Å². The molecule has 0 atom stereocenters. The Hall–Kier alpha value is -0.340. The van der Waals surface area contributed by atoms with E-state index >= 15 is 0 Å². The van der Waals surface area contributed by atoms with Gasteiger partial charge in [-0.2, -0.15) is 12.7 Å². The highest BCUT2D eigenvalue weighted by Crippen LogP contribution is 2.20. The van der Waals surface area contributed by atoms with Crippen LogP contribution in [0.25, 0.3) is 0 Å². The highest BCUT2D eigenvalue weighted by molar-refractivity contribution is 14.1. The second-order valence-electron chi connectivity index (χ2n) is 4.88. The fraction of sp³-hybridized carbons (Fsp3) is 0.538. The van der Waals surface area contributed by atoms with Gasteiger partial charge in [-0.3, -0.25) is 4.72 Å². The van der Waals surface area contributed by atoms with Crippen molar-refractivity contribution in [1.82, 2.24) is 4.31 Å². The van der Waals surface area contributed by atoms with Crippen LogP contribution in [0.15, 0.2) is 18.2 Å². The highest BCUT2D eigenvalue weighted by atomic mass is 127. The van der Waals surface area contributed by atoms with Crippen molar-refractivity contribution in [1.29, 1.82) is 0 Å². The zero-order valence-corrected chi connectivity index (χ0v) is 14.0. The largest absolute Gasteiger partial charge is 0.301 e. The lowest BCUT2D eigenvalue weighted by molar-refractivity contribution is 0.427. The Labute approximate surface area is 128 Å². The summed E-state index contributed by atoms with van der Waals surface area (Å²) in [7, 11) is -3.41. The number of nitrogens with zero attached hydrogens (tertiary/aromatic N) is 1. The molecule has 1 fully saturated rings. The number of hydrogen-bond acceptors (Lipinski definition) is 2. The molecule has 0 aliphatic carbocycles. The third-order valence-corrected chi connectivity index (χ3v) is 6.02. The minimum atomic E-state index is -3.41. The minimum absolute atomic E-state index is 0.623. The van der Waals surface area contributed by atoms with Gasteiger partial charge in [-0.05, 0) is 60.1 Å². The standard InChI is InChI=1S/C13H19IN2O2S/c1-11-6-7-12(10-13(11)14)15-19(17,18)16-8-4-2-3-5-9-16/h6-7,10,15H,2-5,8-9H2,1H3. The summed E-state index contributed by atoms with van der Waals surface area (Å²) >= 11 is 2.21. The van der Waals surface area contributed by atoms with Gasteiger partial charge in [0.25, 0.3) is 0 Å². The van der Waals surface area contributed by atoms with Gasteiger partial charge in [0.15, 0.2) is 0 Å². The SMILES string of the molecule is Cc1ccc(NS(=O)(=O)N2CCCCCC2)cc1I. The van der Waals surface area contributed by atoms with Crippen LogP contribution in [0.5, 0.6) is 0 Å². The quantitative estimate of drug-likeness (QED) is 0.801. The average molecular weight is 394 g/mol. The van der Waals surface area contributed by atoms with E-state index in [1.54, 1.807) is 4.31 Å². The lowest BCUT2D eigenvalue weighted by Gasteiger charge is -2.21. The molecule has 1 aliphatic rings. The maximum atomic E-state index is 12.3. The predicted octanol–water partition coefficient (Wildman–Crippen LogP) is 3.13. The summed E-state index contributed by atoms with van der Waals surface area (Å²) in [6.07, 6.45) is 4.14. The summed E-state index contributed by atoms with van der Waals surface area (Å²) in [5, 5.41) is 0. The van der Waals surface area contributed by atoms with Crippen molar-refractivity contribution < 1.29 is 8.42 Å². The first-order chi connectivity index (χ1) is 8.99. The number of hydrogen-bond donors (Lipinski definition) is 1. The molecule has 0 bridgehead atoms. The molecule has 19 heavy (non-hydrogen) atoms. The number of benzene rings is 1. The van der Waals surface area contributed by atoms with Crippen molar-refractivity contribution in [2.24, 2.45) is 0 Å². The number of nitrogens with one attached hydrogen (secondary N) is 1. The molecule has 6 heteroatoms. The fourth-order valence-corrected chi connectivity index (χ4v) is 3.96. The van der Waals surface area contributed by atoms with Crippen molar-refractivity contribution in [3.63, 3.8) is 0 Å². The first-order valence-corrected chi connectivity index (χ1v) is 9.05. The Morgan fingerprint density at radius 1 is 1.16 bits per heavy atom. The van der Waals surface area contributed by atoms with Crippen LogP contribution in [0.2, 0.25) is 0 Å². The molecule has 1 aromatic carbocycles. The van der Waals surface area contributed by atoms with Gasteiger partial charge in [-0.15, -0.1) is 0 Å². The van der Waals surface area contributed by atoms with Crippen molar-refractivity contribution in [3.05, 3.63) is 27.3 Å². The van der Waals surface area contributed by atoms with E-state index in [2.05, 4.69) is 27.3 Å². The van der Waals surface area contributed by atoms with E-state index in [1.807, 2.05) is 25.1 Å². The number of aryl methyl sites for hydroxylation is 1. The van der Waals surface area contributed by atoms with Gasteiger partial charge in [-0.25, -0.2) is 0 Å². The van der Waals surface area contributed by atoms with Crippen LogP contribution in [0.4, 0.5) is 5.69 Å². The second-order valence-corrected chi connectivity index (χ2v) is 7.72. The van der Waals surface area contributed by atoms with E-state index in [-0.39, 0.29) is 0 Å². The number of anilines is 1. The summed E-state index contributed by atoms with van der Waals surface area (Å²) in [6, 6.07) is 5.61. The van der Waals surface area contributed by atoms with Crippen LogP contribution in [-0.2, 0) is 10.2 Å². The van der Waals surface area contributed by atoms with Gasteiger partial charge in [0.05, 0.1) is 5.69 Å². The molecule has 1 aromatic rings. The Kier molecular flexibility index (Phi) is 5.08. The van der Waals surface area contributed by atoms with Gasteiger partial charge in [0, 0.05) is 16.7 Å². The third-order valence-electron chi connectivity index (χ3n) is 3.32. The third kappa shape index (κ3) is 4.06. The van der Waals surface area contributed by atoms with E-state index in [4.69, 9.17) is 0 Å². The van der Waals surface area contributed by atoms with E-state index in [1.165, 1.54) is 0 Å². The van der Waals surface area contributed by atoms with Gasteiger partial charge in [0.2, 0.25) is 0 Å². The summed E-state index contributed by atoms with van der Waals surface area (Å²) in [5.74, 6) is 0. The lowest BCUT2D eigenvalue weighted by Crippen LogP contribution is -2.36. The summed E-state index contributed by atoms with van der Waals surface area (Å²) in [6.45, 7) is 3.26. The fourth-order valence-electron chi connectivity index (χ4n) is 2.15. The average Bonchev–Trinajstić information content (AvgIpc) is 2.63. The molecule has 0 aromatic heterocycles. The zero-order chi connectivity index (χ0) is 13.9. The molecule has 1 saturated heterocycles. The van der Waals surface area contributed by atoms with Crippen LogP contribution in [0.1, 0.15) is 31.2 Å². The summed E-state index contributed by atoms with van der Waals surface area (Å²) < 4.78 is 29.9. The monoisotopic (exact) mass is 394 g/mol. The molecule has 4 nitrogen and oxygen atoms in total. The first kappa shape index (κ1) is 15.1. The van der Waals surface area contributed by atoms with Crippen LogP contribution < -0.4 is 4.72 Å². The molecule has 0 radical (unpaired) electrons. The topological polar surface area (TPSA) is 49.4 Å². The van der Waals surface area contributed by atoms with Crippen molar-refractivity contribution in [2.45, 2.75) is 32.6 Å². The number of halogens is 1. The first-order valence-electron chi connectivity index (χ1n) is 6.53. The van der Waals surface area contributed by atoms with E-state index in [9.17, 15) is 8.42 Å². The highest BCUT2D eigenvalue weighted by Gasteiger charge is 2.22. The Balaban J connectivity index is 2.13. The van der Waals surface area contributed by atoms with Crippen molar-refractivity contribution >= 4 is 38.5 Å². The van der Waals surface area contributed by atoms with E-state index in [0.717, 1.165) is 34.8 Å². The maximum Gasteiger partial charge on any atom is 0.301 e. The maximum absolute atomic E-state index is 12.3. The van der Waals surface area contributed by atoms with Crippen LogP contribution in [0, 0.1) is 10.5 Å². The summed E-state index contributed by atoms with van der Waals surface area (Å²) in [4.78, 5) is 0. The lowest BCUT2D eigenvalue weighted by atomic mass is 10.2. The molecule has 0 saturated carbocycles. The number of rotatable bonds is 3. The molecular weight excluding hydrogens is 375 g/mol. The van der Waals surface area contributed by atoms with Crippen LogP contribution in [-0.4, -0.2) is 25.8 Å². The minimum Gasteiger partial charge on any atom is -0.271 e. The Bertz CT molecular complexity index is 538. The van der Waals surface area contributed by atoms with Gasteiger partial charge in [-0.1, -0.05) is 18.9 Å². The van der Waals surface area contributed by atoms with Crippen molar-refractivity contribution in [2.75, 3.05) is 17.8 Å². The Morgan fingerprint density at radius 3 is 2.37 bits per heavy atom. The van der Waals surface area contributed by atoms with Gasteiger partial charge in [0.1, 0.15) is 0 Å². The van der Waals surface area contributed by atoms with Gasteiger partial charge >= 0.3 is 10.2 Å². The molecule has 1 heterocycles. The molecule has 0 spiro atoms. The molecule has 2 rings (SSSR count). The summed E-state index contributed by atoms with van der Waals surface area (Å²) in [5.41, 5.74) is 1.79. The molecular formula is C13H19IN2O2S. The molecule has 0 amide bonds. The zero-order valence-electron chi connectivity index (χ0n) is 11.0. The van der Waals surface area contributed by atoms with E-state index in [0.29, 0.717) is 18.8 Å². The molecule has 0 unspecified atom stereocenters. The molecule has 1 aliphatic heterocycles. The van der Waals surface area contributed by atoms with Crippen LogP contribution >= 0.6 is 22.6 Å². The van der Waals surface area contributed by atoms with Gasteiger partial charge < -0.3 is 0 Å². The predicted molar refractivity (Wildman–Crippen MR) is 86.5 cm³/mol. The van der Waals surface area contributed by atoms with E-state index < -0.39 is 10.2 Å². The normalized spacial score (nSPS) is 18.0. The molecule has 1 N–H and O–H groups in total. The second kappa shape index (κ2) is 6.41. The van der Waals surface area contributed by atoms with Crippen LogP contribution in [0.3, 0.4) is 0 Å². The Morgan fingerprint density at radius 2 is 1.79 bits per heavy atom.